The summed E-state index contributed by atoms with van der Waals surface area (Å²) >= 11 is 0. The number of rotatable bonds is 9. The van der Waals surface area contributed by atoms with Gasteiger partial charge in [-0.25, -0.2) is 0 Å². The van der Waals surface area contributed by atoms with Crippen molar-refractivity contribution < 1.29 is 9.90 Å². The molecule has 0 spiro atoms. The summed E-state index contributed by atoms with van der Waals surface area (Å²) in [6.45, 7) is 5.63. The summed E-state index contributed by atoms with van der Waals surface area (Å²) in [7, 11) is 0. The van der Waals surface area contributed by atoms with Gasteiger partial charge in [-0.2, -0.15) is 0 Å². The lowest BCUT2D eigenvalue weighted by Crippen LogP contribution is -2.25. The summed E-state index contributed by atoms with van der Waals surface area (Å²) in [5, 5.41) is 11.7. The van der Waals surface area contributed by atoms with Crippen molar-refractivity contribution >= 4 is 5.91 Å². The molecule has 2 unspecified atom stereocenters. The maximum atomic E-state index is 11.4. The standard InChI is InChI=1S/C12H26N2O2/c1-10(8-13)5-6-12(16)14-7-3-4-11(2)9-15/h10-11,15H,3-9,13H2,1-2H3,(H,14,16). The van der Waals surface area contributed by atoms with Crippen molar-refractivity contribution in [1.82, 2.24) is 5.32 Å². The lowest BCUT2D eigenvalue weighted by atomic mass is 10.1. The lowest BCUT2D eigenvalue weighted by Gasteiger charge is -2.10. The highest BCUT2D eigenvalue weighted by Gasteiger charge is 2.05. The quantitative estimate of drug-likeness (QED) is 0.515. The fourth-order valence-electron chi connectivity index (χ4n) is 1.35. The van der Waals surface area contributed by atoms with Crippen LogP contribution in [0.25, 0.3) is 0 Å². The number of hydrogen-bond acceptors (Lipinski definition) is 3. The van der Waals surface area contributed by atoms with Gasteiger partial charge in [0.15, 0.2) is 0 Å². The van der Waals surface area contributed by atoms with Crippen molar-refractivity contribution in [2.45, 2.75) is 39.5 Å². The Morgan fingerprint density at radius 3 is 2.56 bits per heavy atom. The number of hydrogen-bond donors (Lipinski definition) is 3. The molecular weight excluding hydrogens is 204 g/mol. The molecule has 4 N–H and O–H groups in total. The first-order valence-corrected chi connectivity index (χ1v) is 6.17. The molecule has 1 amide bonds. The second-order valence-electron chi connectivity index (χ2n) is 4.66. The molecule has 0 aliphatic heterocycles. The topological polar surface area (TPSA) is 75.4 Å². The number of carbonyl (C=O) groups is 1. The molecule has 0 aromatic heterocycles. The fraction of sp³-hybridized carbons (Fsp3) is 0.917. The van der Waals surface area contributed by atoms with Crippen molar-refractivity contribution in [3.05, 3.63) is 0 Å². The lowest BCUT2D eigenvalue weighted by molar-refractivity contribution is -0.121. The molecule has 0 aliphatic rings. The average molecular weight is 230 g/mol. The predicted molar refractivity (Wildman–Crippen MR) is 65.9 cm³/mol. The first kappa shape index (κ1) is 15.4. The van der Waals surface area contributed by atoms with Crippen LogP contribution in [0.4, 0.5) is 0 Å². The van der Waals surface area contributed by atoms with E-state index in [1.807, 2.05) is 6.92 Å². The van der Waals surface area contributed by atoms with Gasteiger partial charge < -0.3 is 16.2 Å². The van der Waals surface area contributed by atoms with E-state index in [-0.39, 0.29) is 12.5 Å². The smallest absolute Gasteiger partial charge is 0.220 e. The summed E-state index contributed by atoms with van der Waals surface area (Å²) in [5.74, 6) is 0.853. The van der Waals surface area contributed by atoms with E-state index in [1.165, 1.54) is 0 Å². The van der Waals surface area contributed by atoms with Gasteiger partial charge in [-0.1, -0.05) is 13.8 Å². The van der Waals surface area contributed by atoms with Gasteiger partial charge >= 0.3 is 0 Å². The van der Waals surface area contributed by atoms with Gasteiger partial charge in [0.25, 0.3) is 0 Å². The zero-order chi connectivity index (χ0) is 12.4. The van der Waals surface area contributed by atoms with E-state index in [9.17, 15) is 4.79 Å². The van der Waals surface area contributed by atoms with E-state index < -0.39 is 0 Å². The highest BCUT2D eigenvalue weighted by molar-refractivity contribution is 5.75. The van der Waals surface area contributed by atoms with Gasteiger partial charge in [-0.15, -0.1) is 0 Å². The van der Waals surface area contributed by atoms with Crippen LogP contribution in [0.5, 0.6) is 0 Å². The highest BCUT2D eigenvalue weighted by atomic mass is 16.3. The summed E-state index contributed by atoms with van der Waals surface area (Å²) in [6.07, 6.45) is 3.30. The number of aliphatic hydroxyl groups is 1. The van der Waals surface area contributed by atoms with Crippen LogP contribution in [0.1, 0.15) is 39.5 Å². The number of carbonyl (C=O) groups excluding carboxylic acids is 1. The van der Waals surface area contributed by atoms with Crippen LogP contribution in [-0.2, 0) is 4.79 Å². The van der Waals surface area contributed by atoms with Crippen LogP contribution in [0.15, 0.2) is 0 Å². The largest absolute Gasteiger partial charge is 0.396 e. The van der Waals surface area contributed by atoms with E-state index in [1.54, 1.807) is 0 Å². The Bertz CT molecular complexity index is 186. The van der Waals surface area contributed by atoms with Gasteiger partial charge in [-0.3, -0.25) is 4.79 Å². The third-order valence-electron chi connectivity index (χ3n) is 2.77. The van der Waals surface area contributed by atoms with Crippen LogP contribution >= 0.6 is 0 Å². The van der Waals surface area contributed by atoms with E-state index in [0.717, 1.165) is 19.3 Å². The number of amides is 1. The second-order valence-corrected chi connectivity index (χ2v) is 4.66. The molecule has 0 radical (unpaired) electrons. The van der Waals surface area contributed by atoms with Crippen LogP contribution in [0.3, 0.4) is 0 Å². The number of aliphatic hydroxyl groups excluding tert-OH is 1. The van der Waals surface area contributed by atoms with Gasteiger partial charge in [0.05, 0.1) is 0 Å². The van der Waals surface area contributed by atoms with Crippen molar-refractivity contribution in [3.8, 4) is 0 Å². The molecular formula is C12H26N2O2. The summed E-state index contributed by atoms with van der Waals surface area (Å²) in [4.78, 5) is 11.4. The van der Waals surface area contributed by atoms with Crippen molar-refractivity contribution in [1.29, 1.82) is 0 Å². The van der Waals surface area contributed by atoms with Gasteiger partial charge in [0.1, 0.15) is 0 Å². The van der Waals surface area contributed by atoms with Crippen LogP contribution in [0, 0.1) is 11.8 Å². The molecule has 0 rings (SSSR count). The van der Waals surface area contributed by atoms with E-state index in [4.69, 9.17) is 10.8 Å². The molecule has 0 fully saturated rings. The van der Waals surface area contributed by atoms with Crippen molar-refractivity contribution in [2.75, 3.05) is 19.7 Å². The number of nitrogens with two attached hydrogens (primary N) is 1. The normalized spacial score (nSPS) is 14.5. The maximum Gasteiger partial charge on any atom is 0.220 e. The Hall–Kier alpha value is -0.610. The van der Waals surface area contributed by atoms with E-state index in [0.29, 0.717) is 31.3 Å². The Labute approximate surface area is 98.6 Å². The zero-order valence-electron chi connectivity index (χ0n) is 10.5. The molecule has 0 aromatic rings. The third kappa shape index (κ3) is 8.68. The molecule has 0 aliphatic carbocycles. The van der Waals surface area contributed by atoms with Gasteiger partial charge in [0.2, 0.25) is 5.91 Å². The minimum absolute atomic E-state index is 0.108. The zero-order valence-corrected chi connectivity index (χ0v) is 10.5. The van der Waals surface area contributed by atoms with Crippen LogP contribution in [-0.4, -0.2) is 30.7 Å². The van der Waals surface area contributed by atoms with Crippen LogP contribution < -0.4 is 11.1 Å². The third-order valence-corrected chi connectivity index (χ3v) is 2.77. The minimum Gasteiger partial charge on any atom is -0.396 e. The van der Waals surface area contributed by atoms with E-state index >= 15 is 0 Å². The fourth-order valence-corrected chi connectivity index (χ4v) is 1.35. The highest BCUT2D eigenvalue weighted by Crippen LogP contribution is 2.04. The second kappa shape index (κ2) is 9.60. The minimum atomic E-state index is 0.108. The molecule has 2 atom stereocenters. The molecule has 4 heteroatoms. The molecule has 0 saturated heterocycles. The van der Waals surface area contributed by atoms with Gasteiger partial charge in [-0.05, 0) is 37.6 Å². The molecule has 0 saturated carbocycles. The van der Waals surface area contributed by atoms with Crippen LogP contribution in [0.2, 0.25) is 0 Å². The molecule has 0 aromatic carbocycles. The first-order valence-electron chi connectivity index (χ1n) is 6.17. The Morgan fingerprint density at radius 1 is 1.31 bits per heavy atom. The summed E-state index contributed by atoms with van der Waals surface area (Å²) < 4.78 is 0. The Balaban J connectivity index is 3.37. The Kier molecular flexibility index (Phi) is 9.24. The SMILES string of the molecule is CC(CN)CCC(=O)NCCCC(C)CO. The van der Waals surface area contributed by atoms with E-state index in [2.05, 4.69) is 12.2 Å². The van der Waals surface area contributed by atoms with Gasteiger partial charge in [0, 0.05) is 19.6 Å². The summed E-state index contributed by atoms with van der Waals surface area (Å²) in [5.41, 5.74) is 5.47. The summed E-state index contributed by atoms with van der Waals surface area (Å²) in [6, 6.07) is 0. The molecule has 96 valence electrons. The molecule has 16 heavy (non-hydrogen) atoms. The number of nitrogens with one attached hydrogen (secondary N) is 1. The predicted octanol–water partition coefficient (Wildman–Crippen LogP) is 0.886. The molecule has 4 nitrogen and oxygen atoms in total. The molecule has 0 bridgehead atoms. The molecule has 0 heterocycles. The average Bonchev–Trinajstić information content (AvgIpc) is 2.31. The first-order chi connectivity index (χ1) is 7.60. The maximum absolute atomic E-state index is 11.4. The Morgan fingerprint density at radius 2 is 2.00 bits per heavy atom. The monoisotopic (exact) mass is 230 g/mol. The van der Waals surface area contributed by atoms with Crippen molar-refractivity contribution in [3.63, 3.8) is 0 Å². The van der Waals surface area contributed by atoms with Crippen molar-refractivity contribution in [2.24, 2.45) is 17.6 Å².